The number of para-hydroxylation sites is 1. The quantitative estimate of drug-likeness (QED) is 0.820. The molecule has 0 heterocycles. The molecule has 2 amide bonds. The number of nitrogens with one attached hydrogen (secondary N) is 2. The number of anilines is 2. The van der Waals surface area contributed by atoms with Gasteiger partial charge >= 0.3 is 6.03 Å². The third kappa shape index (κ3) is 4.38. The maximum atomic E-state index is 11.7. The Balaban J connectivity index is 1.99. The zero-order valence-corrected chi connectivity index (χ0v) is 13.2. The lowest BCUT2D eigenvalue weighted by Crippen LogP contribution is -2.30. The smallest absolute Gasteiger partial charge is 0.345 e. The summed E-state index contributed by atoms with van der Waals surface area (Å²) in [5, 5.41) is 7.66. The fraction of sp³-hybridized carbons (Fsp3) is 0.188. The molecule has 0 aliphatic heterocycles. The molecule has 0 aliphatic carbocycles. The van der Waals surface area contributed by atoms with Gasteiger partial charge in [0.15, 0.2) is 0 Å². The van der Waals surface area contributed by atoms with Gasteiger partial charge in [-0.05, 0) is 29.8 Å². The lowest BCUT2D eigenvalue weighted by atomic mass is 10.2. The average molecular weight is 320 g/mol. The van der Waals surface area contributed by atoms with Crippen LogP contribution in [0.1, 0.15) is 5.56 Å². The van der Waals surface area contributed by atoms with Gasteiger partial charge in [0, 0.05) is 30.0 Å². The van der Waals surface area contributed by atoms with E-state index in [2.05, 4.69) is 10.6 Å². The molecular weight excluding hydrogens is 302 g/mol. The van der Waals surface area contributed by atoms with Crippen LogP contribution in [-0.2, 0) is 11.4 Å². The van der Waals surface area contributed by atoms with Crippen molar-refractivity contribution in [1.29, 1.82) is 0 Å². The summed E-state index contributed by atoms with van der Waals surface area (Å²) in [4.78, 5) is 16.5. The highest BCUT2D eigenvalue weighted by Gasteiger charge is 2.09. The zero-order chi connectivity index (χ0) is 15.9. The molecule has 0 aromatic heterocycles. The highest BCUT2D eigenvalue weighted by atomic mass is 35.5. The number of hydrogen-bond acceptors (Lipinski definition) is 3. The third-order valence-electron chi connectivity index (χ3n) is 3.12. The monoisotopic (exact) mass is 319 g/mol. The molecule has 2 aromatic carbocycles. The Labute approximate surface area is 134 Å². The van der Waals surface area contributed by atoms with E-state index in [9.17, 15) is 4.79 Å². The third-order valence-corrected chi connectivity index (χ3v) is 3.47. The maximum Gasteiger partial charge on any atom is 0.345 e. The van der Waals surface area contributed by atoms with Crippen molar-refractivity contribution in [2.75, 3.05) is 24.8 Å². The van der Waals surface area contributed by atoms with E-state index in [4.69, 9.17) is 16.4 Å². The number of halogens is 1. The van der Waals surface area contributed by atoms with E-state index in [1.807, 2.05) is 36.4 Å². The molecule has 0 bridgehead atoms. The minimum Gasteiger partial charge on any atom is -0.381 e. The Morgan fingerprint density at radius 3 is 2.55 bits per heavy atom. The summed E-state index contributed by atoms with van der Waals surface area (Å²) in [7, 11) is 2.94. The standard InChI is InChI=1S/C16H18ClN3O2/c1-20(22-2)16(21)19-14-9-8-12(15(17)10-14)11-18-13-6-4-3-5-7-13/h3-10,18H,11H2,1-2H3,(H,19,21). The van der Waals surface area contributed by atoms with E-state index < -0.39 is 0 Å². The molecule has 116 valence electrons. The lowest BCUT2D eigenvalue weighted by molar-refractivity contribution is -0.0598. The predicted octanol–water partition coefficient (Wildman–Crippen LogP) is 3.98. The van der Waals surface area contributed by atoms with E-state index in [1.165, 1.54) is 14.2 Å². The molecule has 0 saturated carbocycles. The van der Waals surface area contributed by atoms with Gasteiger partial charge in [-0.2, -0.15) is 0 Å². The second kappa shape index (κ2) is 7.68. The maximum absolute atomic E-state index is 11.7. The van der Waals surface area contributed by atoms with Crippen LogP contribution in [0.2, 0.25) is 5.02 Å². The lowest BCUT2D eigenvalue weighted by Gasteiger charge is -2.15. The van der Waals surface area contributed by atoms with E-state index >= 15 is 0 Å². The summed E-state index contributed by atoms with van der Waals surface area (Å²) in [6, 6.07) is 14.9. The molecule has 2 N–H and O–H groups in total. The second-order valence-corrected chi connectivity index (χ2v) is 5.04. The Morgan fingerprint density at radius 2 is 1.91 bits per heavy atom. The zero-order valence-electron chi connectivity index (χ0n) is 12.5. The molecule has 22 heavy (non-hydrogen) atoms. The summed E-state index contributed by atoms with van der Waals surface area (Å²) in [6.45, 7) is 0.606. The van der Waals surface area contributed by atoms with Gasteiger partial charge in [0.1, 0.15) is 0 Å². The van der Waals surface area contributed by atoms with Crippen molar-refractivity contribution in [2.45, 2.75) is 6.54 Å². The van der Waals surface area contributed by atoms with E-state index in [1.54, 1.807) is 12.1 Å². The predicted molar refractivity (Wildman–Crippen MR) is 89.0 cm³/mol. The molecule has 0 atom stereocenters. The number of amides is 2. The van der Waals surface area contributed by atoms with Gasteiger partial charge < -0.3 is 10.6 Å². The second-order valence-electron chi connectivity index (χ2n) is 4.64. The highest BCUT2D eigenvalue weighted by molar-refractivity contribution is 6.31. The molecule has 0 saturated heterocycles. The van der Waals surface area contributed by atoms with Crippen LogP contribution in [0.3, 0.4) is 0 Å². The van der Waals surface area contributed by atoms with Crippen molar-refractivity contribution in [3.63, 3.8) is 0 Å². The summed E-state index contributed by atoms with van der Waals surface area (Å²) in [5.74, 6) is 0. The van der Waals surface area contributed by atoms with Crippen molar-refractivity contribution in [3.8, 4) is 0 Å². The molecule has 0 radical (unpaired) electrons. The summed E-state index contributed by atoms with van der Waals surface area (Å²) in [5.41, 5.74) is 2.59. The molecular formula is C16H18ClN3O2. The van der Waals surface area contributed by atoms with Crippen LogP contribution >= 0.6 is 11.6 Å². The fourth-order valence-corrected chi connectivity index (χ4v) is 2.05. The number of rotatable bonds is 5. The Hall–Kier alpha value is -2.24. The first-order chi connectivity index (χ1) is 10.6. The van der Waals surface area contributed by atoms with Gasteiger partial charge in [-0.1, -0.05) is 35.9 Å². The fourth-order valence-electron chi connectivity index (χ4n) is 1.81. The molecule has 5 nitrogen and oxygen atoms in total. The number of carbonyl (C=O) groups is 1. The highest BCUT2D eigenvalue weighted by Crippen LogP contribution is 2.22. The Kier molecular flexibility index (Phi) is 5.63. The van der Waals surface area contributed by atoms with E-state index in [0.717, 1.165) is 16.3 Å². The molecule has 6 heteroatoms. The van der Waals surface area contributed by atoms with Crippen LogP contribution in [-0.4, -0.2) is 25.3 Å². The number of carbonyl (C=O) groups excluding carboxylic acids is 1. The van der Waals surface area contributed by atoms with Crippen LogP contribution in [0.5, 0.6) is 0 Å². The first kappa shape index (κ1) is 16.1. The van der Waals surface area contributed by atoms with E-state index in [0.29, 0.717) is 17.3 Å². The van der Waals surface area contributed by atoms with Gasteiger partial charge in [0.25, 0.3) is 0 Å². The Morgan fingerprint density at radius 1 is 1.18 bits per heavy atom. The largest absolute Gasteiger partial charge is 0.381 e. The summed E-state index contributed by atoms with van der Waals surface area (Å²) >= 11 is 6.26. The van der Waals surface area contributed by atoms with Gasteiger partial charge in [-0.3, -0.25) is 4.84 Å². The number of urea groups is 1. The average Bonchev–Trinajstić information content (AvgIpc) is 2.54. The molecule has 0 aliphatic rings. The first-order valence-corrected chi connectivity index (χ1v) is 7.14. The van der Waals surface area contributed by atoms with Crippen molar-refractivity contribution < 1.29 is 9.63 Å². The van der Waals surface area contributed by atoms with Crippen LogP contribution in [0.25, 0.3) is 0 Å². The SMILES string of the molecule is CON(C)C(=O)Nc1ccc(CNc2ccccc2)c(Cl)c1. The normalized spacial score (nSPS) is 10.1. The van der Waals surface area contributed by atoms with E-state index in [-0.39, 0.29) is 6.03 Å². The van der Waals surface area contributed by atoms with Crippen LogP contribution < -0.4 is 10.6 Å². The van der Waals surface area contributed by atoms with Crippen LogP contribution in [0.4, 0.5) is 16.2 Å². The minimum atomic E-state index is -0.367. The van der Waals surface area contributed by atoms with Gasteiger partial charge in [0.2, 0.25) is 0 Å². The Bertz CT molecular complexity index is 635. The molecule has 0 fully saturated rings. The van der Waals surface area contributed by atoms with Crippen LogP contribution in [0, 0.1) is 0 Å². The summed E-state index contributed by atoms with van der Waals surface area (Å²) < 4.78 is 0. The van der Waals surface area contributed by atoms with Crippen LogP contribution in [0.15, 0.2) is 48.5 Å². The van der Waals surface area contributed by atoms with Gasteiger partial charge in [-0.25, -0.2) is 9.86 Å². The number of nitrogens with zero attached hydrogens (tertiary/aromatic N) is 1. The number of hydroxylamine groups is 2. The molecule has 0 unspecified atom stereocenters. The van der Waals surface area contributed by atoms with Crippen molar-refractivity contribution in [2.24, 2.45) is 0 Å². The number of benzene rings is 2. The minimum absolute atomic E-state index is 0.367. The van der Waals surface area contributed by atoms with Crippen molar-refractivity contribution in [3.05, 3.63) is 59.1 Å². The molecule has 0 spiro atoms. The summed E-state index contributed by atoms with van der Waals surface area (Å²) in [6.07, 6.45) is 0. The van der Waals surface area contributed by atoms with Crippen molar-refractivity contribution in [1.82, 2.24) is 5.06 Å². The molecule has 2 aromatic rings. The van der Waals surface area contributed by atoms with Crippen molar-refractivity contribution >= 4 is 29.0 Å². The van der Waals surface area contributed by atoms with Gasteiger partial charge in [-0.15, -0.1) is 0 Å². The van der Waals surface area contributed by atoms with Gasteiger partial charge in [0.05, 0.1) is 7.11 Å². The first-order valence-electron chi connectivity index (χ1n) is 6.76. The number of hydrogen-bond donors (Lipinski definition) is 2. The topological polar surface area (TPSA) is 53.6 Å². The molecule has 2 rings (SSSR count).